The summed E-state index contributed by atoms with van der Waals surface area (Å²) in [6.45, 7) is 4.73. The van der Waals surface area contributed by atoms with Crippen molar-refractivity contribution in [3.8, 4) is 0 Å². The molecular weight excluding hydrogens is 262 g/mol. The second-order valence-corrected chi connectivity index (χ2v) is 6.17. The molecule has 5 nitrogen and oxygen atoms in total. The summed E-state index contributed by atoms with van der Waals surface area (Å²) in [7, 11) is 0. The highest BCUT2D eigenvalue weighted by molar-refractivity contribution is 7.14. The Morgan fingerprint density at radius 3 is 2.84 bits per heavy atom. The third kappa shape index (κ3) is 3.26. The Hall–Kier alpha value is -1.56. The molecule has 6 heteroatoms. The maximum absolute atomic E-state index is 12.4. The lowest BCUT2D eigenvalue weighted by atomic mass is 10.1. The number of hydrogen-bond acceptors (Lipinski definition) is 4. The molecule has 2 heterocycles. The van der Waals surface area contributed by atoms with E-state index in [4.69, 9.17) is 5.73 Å². The van der Waals surface area contributed by atoms with Crippen LogP contribution in [0.25, 0.3) is 0 Å². The molecule has 1 unspecified atom stereocenters. The van der Waals surface area contributed by atoms with Crippen molar-refractivity contribution in [3.63, 3.8) is 0 Å². The van der Waals surface area contributed by atoms with E-state index in [-0.39, 0.29) is 17.9 Å². The fourth-order valence-corrected chi connectivity index (χ4v) is 3.23. The van der Waals surface area contributed by atoms with E-state index in [1.165, 1.54) is 18.3 Å². The van der Waals surface area contributed by atoms with Gasteiger partial charge in [-0.15, -0.1) is 11.3 Å². The second kappa shape index (κ2) is 5.61. The predicted molar refractivity (Wildman–Crippen MR) is 76.2 cm³/mol. The molecule has 19 heavy (non-hydrogen) atoms. The molecule has 104 valence electrons. The van der Waals surface area contributed by atoms with Gasteiger partial charge >= 0.3 is 0 Å². The monoisotopic (exact) mass is 281 g/mol. The van der Waals surface area contributed by atoms with Crippen molar-refractivity contribution in [3.05, 3.63) is 15.8 Å². The first kappa shape index (κ1) is 13.9. The van der Waals surface area contributed by atoms with E-state index in [2.05, 4.69) is 5.32 Å². The van der Waals surface area contributed by atoms with Gasteiger partial charge in [-0.1, -0.05) is 0 Å². The molecule has 2 rings (SSSR count). The van der Waals surface area contributed by atoms with Crippen LogP contribution >= 0.6 is 11.3 Å². The summed E-state index contributed by atoms with van der Waals surface area (Å²) in [6, 6.07) is 1.80. The molecule has 1 aliphatic rings. The number of anilines is 1. The van der Waals surface area contributed by atoms with Crippen LogP contribution in [0.15, 0.2) is 6.07 Å². The van der Waals surface area contributed by atoms with E-state index in [1.54, 1.807) is 11.0 Å². The molecule has 1 fully saturated rings. The van der Waals surface area contributed by atoms with Crippen LogP contribution in [0.1, 0.15) is 34.3 Å². The molecule has 0 aliphatic carbocycles. The van der Waals surface area contributed by atoms with Crippen molar-refractivity contribution in [1.29, 1.82) is 0 Å². The number of carbonyl (C=O) groups excluding carboxylic acids is 2. The molecule has 0 aromatic carbocycles. The Kier molecular flexibility index (Phi) is 4.09. The van der Waals surface area contributed by atoms with E-state index < -0.39 is 0 Å². The number of aryl methyl sites for hydroxylation is 1. The minimum Gasteiger partial charge on any atom is -0.398 e. The summed E-state index contributed by atoms with van der Waals surface area (Å²) in [5, 5.41) is 2.88. The number of thiophene rings is 1. The average Bonchev–Trinajstić information content (AvgIpc) is 2.68. The van der Waals surface area contributed by atoms with Crippen LogP contribution in [0.2, 0.25) is 0 Å². The molecule has 1 atom stereocenters. The topological polar surface area (TPSA) is 75.4 Å². The molecule has 1 aliphatic heterocycles. The van der Waals surface area contributed by atoms with Gasteiger partial charge < -0.3 is 16.0 Å². The van der Waals surface area contributed by atoms with E-state index in [0.29, 0.717) is 17.1 Å². The number of carbonyl (C=O) groups is 2. The Morgan fingerprint density at radius 2 is 2.26 bits per heavy atom. The molecular formula is C13H19N3O2S. The van der Waals surface area contributed by atoms with Gasteiger partial charge in [-0.05, 0) is 25.8 Å². The maximum Gasteiger partial charge on any atom is 0.264 e. The Morgan fingerprint density at radius 1 is 1.53 bits per heavy atom. The van der Waals surface area contributed by atoms with Crippen LogP contribution in [0, 0.1) is 6.92 Å². The predicted octanol–water partition coefficient (Wildman–Crippen LogP) is 1.38. The van der Waals surface area contributed by atoms with Gasteiger partial charge in [0.1, 0.15) is 0 Å². The van der Waals surface area contributed by atoms with Gasteiger partial charge in [-0.2, -0.15) is 0 Å². The summed E-state index contributed by atoms with van der Waals surface area (Å²) in [5.74, 6) is -0.0321. The Balaban J connectivity index is 2.04. The van der Waals surface area contributed by atoms with Gasteiger partial charge in [0.05, 0.1) is 4.88 Å². The molecule has 0 spiro atoms. The van der Waals surface area contributed by atoms with Gasteiger partial charge in [0.2, 0.25) is 5.91 Å². The van der Waals surface area contributed by atoms with Crippen LogP contribution in [0.4, 0.5) is 5.69 Å². The summed E-state index contributed by atoms with van der Waals surface area (Å²) < 4.78 is 0. The zero-order valence-corrected chi connectivity index (χ0v) is 12.0. The molecule has 3 N–H and O–H groups in total. The third-order valence-electron chi connectivity index (χ3n) is 3.28. The quantitative estimate of drug-likeness (QED) is 0.860. The number of nitrogens with two attached hydrogens (primary N) is 1. The van der Waals surface area contributed by atoms with Crippen molar-refractivity contribution in [1.82, 2.24) is 10.2 Å². The van der Waals surface area contributed by atoms with Crippen LogP contribution < -0.4 is 11.1 Å². The summed E-state index contributed by atoms with van der Waals surface area (Å²) >= 11 is 1.43. The van der Waals surface area contributed by atoms with Gasteiger partial charge in [0, 0.05) is 36.6 Å². The minimum absolute atomic E-state index is 0.0138. The molecule has 0 bridgehead atoms. The van der Waals surface area contributed by atoms with Crippen LogP contribution in [0.5, 0.6) is 0 Å². The summed E-state index contributed by atoms with van der Waals surface area (Å²) in [5.41, 5.74) is 6.45. The summed E-state index contributed by atoms with van der Waals surface area (Å²) in [6.07, 6.45) is 1.84. The normalized spacial score (nSPS) is 19.3. The first-order valence-electron chi connectivity index (χ1n) is 6.39. The fraction of sp³-hybridized carbons (Fsp3) is 0.538. The highest BCUT2D eigenvalue weighted by Gasteiger charge is 2.26. The zero-order valence-electron chi connectivity index (χ0n) is 11.2. The highest BCUT2D eigenvalue weighted by Crippen LogP contribution is 2.25. The Bertz CT molecular complexity index is 479. The van der Waals surface area contributed by atoms with Gasteiger partial charge in [0.15, 0.2) is 0 Å². The van der Waals surface area contributed by atoms with Gasteiger partial charge in [-0.3, -0.25) is 9.59 Å². The number of piperidine rings is 1. The number of hydrogen-bond donors (Lipinski definition) is 2. The fourth-order valence-electron chi connectivity index (χ4n) is 2.32. The zero-order chi connectivity index (χ0) is 14.0. The van der Waals surface area contributed by atoms with Gasteiger partial charge in [0.25, 0.3) is 5.91 Å². The van der Waals surface area contributed by atoms with Crippen molar-refractivity contribution >= 4 is 28.8 Å². The molecule has 0 saturated carbocycles. The number of likely N-dealkylation sites (tertiary alicyclic amines) is 1. The van der Waals surface area contributed by atoms with Crippen molar-refractivity contribution in [2.75, 3.05) is 18.8 Å². The smallest absolute Gasteiger partial charge is 0.264 e. The number of nitrogen functional groups attached to an aromatic ring is 1. The van der Waals surface area contributed by atoms with E-state index in [1.807, 2.05) is 6.92 Å². The van der Waals surface area contributed by atoms with Crippen molar-refractivity contribution in [2.45, 2.75) is 32.7 Å². The van der Waals surface area contributed by atoms with Gasteiger partial charge in [-0.25, -0.2) is 0 Å². The van der Waals surface area contributed by atoms with Crippen LogP contribution in [-0.2, 0) is 4.79 Å². The lowest BCUT2D eigenvalue weighted by Gasteiger charge is -2.32. The standard InChI is InChI=1S/C13H19N3O2S/c1-8-11(14)6-12(19-8)13(18)16-5-3-4-10(7-16)15-9(2)17/h6,10H,3-5,7,14H2,1-2H3,(H,15,17). The average molecular weight is 281 g/mol. The molecule has 1 aromatic rings. The SMILES string of the molecule is CC(=O)NC1CCCN(C(=O)c2cc(N)c(C)s2)C1. The van der Waals surface area contributed by atoms with E-state index in [9.17, 15) is 9.59 Å². The number of rotatable bonds is 2. The number of amides is 2. The first-order chi connectivity index (χ1) is 8.97. The van der Waals surface area contributed by atoms with Crippen LogP contribution in [-0.4, -0.2) is 35.8 Å². The largest absolute Gasteiger partial charge is 0.398 e. The van der Waals surface area contributed by atoms with E-state index in [0.717, 1.165) is 24.3 Å². The molecule has 0 radical (unpaired) electrons. The molecule has 1 aromatic heterocycles. The summed E-state index contributed by atoms with van der Waals surface area (Å²) in [4.78, 5) is 26.9. The van der Waals surface area contributed by atoms with E-state index >= 15 is 0 Å². The first-order valence-corrected chi connectivity index (χ1v) is 7.21. The van der Waals surface area contributed by atoms with Crippen molar-refractivity contribution < 1.29 is 9.59 Å². The third-order valence-corrected chi connectivity index (χ3v) is 4.34. The van der Waals surface area contributed by atoms with Crippen LogP contribution in [0.3, 0.4) is 0 Å². The maximum atomic E-state index is 12.4. The lowest BCUT2D eigenvalue weighted by molar-refractivity contribution is -0.120. The number of nitrogens with one attached hydrogen (secondary N) is 1. The lowest BCUT2D eigenvalue weighted by Crippen LogP contribution is -2.49. The molecule has 2 amide bonds. The Labute approximate surface area is 116 Å². The molecule has 1 saturated heterocycles. The highest BCUT2D eigenvalue weighted by atomic mass is 32.1. The second-order valence-electron chi connectivity index (χ2n) is 4.91. The number of nitrogens with zero attached hydrogens (tertiary/aromatic N) is 1. The van der Waals surface area contributed by atoms with Crippen molar-refractivity contribution in [2.24, 2.45) is 0 Å². The minimum atomic E-state index is -0.0458.